The van der Waals surface area contributed by atoms with Crippen LogP contribution in [0.15, 0.2) is 70.4 Å². The van der Waals surface area contributed by atoms with E-state index in [1.807, 2.05) is 0 Å². The minimum atomic E-state index is -4.87. The number of nitrogens with one attached hydrogen (secondary N) is 1. The van der Waals surface area contributed by atoms with E-state index in [1.165, 1.54) is 41.0 Å². The highest BCUT2D eigenvalue weighted by Gasteiger charge is 2.31. The summed E-state index contributed by atoms with van der Waals surface area (Å²) in [5, 5.41) is 7.62. The van der Waals surface area contributed by atoms with Crippen molar-refractivity contribution in [3.05, 3.63) is 87.1 Å². The number of ether oxygens (including phenoxy) is 2. The molecule has 0 aliphatic rings. The molecule has 1 N–H and O–H groups in total. The number of hydrogen-bond acceptors (Lipinski definition) is 7. The van der Waals surface area contributed by atoms with Gasteiger partial charge >= 0.3 is 12.3 Å². The number of benzene rings is 2. The van der Waals surface area contributed by atoms with Gasteiger partial charge in [-0.3, -0.25) is 9.59 Å². The normalized spacial score (nSPS) is 11.4. The van der Waals surface area contributed by atoms with E-state index in [9.17, 15) is 27.6 Å². The summed E-state index contributed by atoms with van der Waals surface area (Å²) < 4.78 is 48.7. The molecular weight excluding hydrogens is 481 g/mol. The number of carbonyl (C=O) groups is 1. The molecule has 4 rings (SSSR count). The van der Waals surface area contributed by atoms with Crippen molar-refractivity contribution in [3.8, 4) is 11.4 Å². The Morgan fingerprint density at radius 1 is 1.03 bits per heavy atom. The van der Waals surface area contributed by atoms with Gasteiger partial charge in [-0.15, -0.1) is 18.3 Å². The third-order valence-corrected chi connectivity index (χ3v) is 5.10. The lowest BCUT2D eigenvalue weighted by Gasteiger charge is -2.14. The van der Waals surface area contributed by atoms with Crippen LogP contribution in [-0.4, -0.2) is 33.3 Å². The molecule has 0 radical (unpaired) electrons. The van der Waals surface area contributed by atoms with Crippen molar-refractivity contribution in [1.29, 1.82) is 0 Å². The number of aromatic nitrogens is 3. The minimum absolute atomic E-state index is 0.0708. The Balaban J connectivity index is 1.89. The number of nitrogens with zero attached hydrogens (tertiary/aromatic N) is 3. The molecule has 186 valence electrons. The van der Waals surface area contributed by atoms with Gasteiger partial charge in [-0.1, -0.05) is 0 Å². The second kappa shape index (κ2) is 9.56. The summed E-state index contributed by atoms with van der Waals surface area (Å²) >= 11 is 0. The molecule has 12 heteroatoms. The SMILES string of the molecule is CCOC(=O)c1ccc2c(Nc3cccn(C)c3=O)nn(-c3ccc(OC(F)(F)F)cc3)c(=O)c2c1. The average molecular weight is 500 g/mol. The summed E-state index contributed by atoms with van der Waals surface area (Å²) in [7, 11) is 1.57. The van der Waals surface area contributed by atoms with Gasteiger partial charge in [0.15, 0.2) is 5.82 Å². The molecule has 36 heavy (non-hydrogen) atoms. The van der Waals surface area contributed by atoms with E-state index in [0.29, 0.717) is 5.39 Å². The number of halogens is 3. The van der Waals surface area contributed by atoms with E-state index in [-0.39, 0.29) is 40.3 Å². The van der Waals surface area contributed by atoms with Crippen LogP contribution in [0.1, 0.15) is 17.3 Å². The largest absolute Gasteiger partial charge is 0.573 e. The van der Waals surface area contributed by atoms with Gasteiger partial charge in [-0.05, 0) is 61.5 Å². The van der Waals surface area contributed by atoms with Gasteiger partial charge < -0.3 is 19.4 Å². The van der Waals surface area contributed by atoms with Crippen molar-refractivity contribution >= 4 is 28.2 Å². The Bertz CT molecular complexity index is 1560. The first kappa shape index (κ1) is 24.5. The number of carbonyl (C=O) groups excluding carboxylic acids is 1. The zero-order chi connectivity index (χ0) is 26.0. The maximum absolute atomic E-state index is 13.3. The molecule has 2 aromatic heterocycles. The van der Waals surface area contributed by atoms with E-state index in [0.717, 1.165) is 16.8 Å². The molecule has 9 nitrogen and oxygen atoms in total. The third-order valence-electron chi connectivity index (χ3n) is 5.10. The number of esters is 1. The number of anilines is 2. The van der Waals surface area contributed by atoms with Gasteiger partial charge in [0.2, 0.25) is 0 Å². The molecule has 0 spiro atoms. The van der Waals surface area contributed by atoms with E-state index in [1.54, 1.807) is 26.2 Å². The topological polar surface area (TPSA) is 104 Å². The number of rotatable bonds is 6. The fourth-order valence-electron chi connectivity index (χ4n) is 3.46. The molecule has 4 aromatic rings. The van der Waals surface area contributed by atoms with Crippen LogP contribution in [0, 0.1) is 0 Å². The van der Waals surface area contributed by atoms with Gasteiger partial charge in [-0.25, -0.2) is 4.79 Å². The highest BCUT2D eigenvalue weighted by Crippen LogP contribution is 2.26. The quantitative estimate of drug-likeness (QED) is 0.401. The van der Waals surface area contributed by atoms with Gasteiger partial charge in [0.05, 0.1) is 23.2 Å². The van der Waals surface area contributed by atoms with Gasteiger partial charge in [0, 0.05) is 18.6 Å². The first-order chi connectivity index (χ1) is 17.1. The molecule has 0 atom stereocenters. The zero-order valence-electron chi connectivity index (χ0n) is 19.0. The van der Waals surface area contributed by atoms with E-state index < -0.39 is 23.6 Å². The fraction of sp³-hybridized carbons (Fsp3) is 0.167. The number of fused-ring (bicyclic) bond motifs is 1. The van der Waals surface area contributed by atoms with Crippen molar-refractivity contribution in [3.63, 3.8) is 0 Å². The molecule has 0 saturated carbocycles. The molecule has 0 saturated heterocycles. The maximum atomic E-state index is 13.3. The van der Waals surface area contributed by atoms with Crippen LogP contribution in [0.2, 0.25) is 0 Å². The van der Waals surface area contributed by atoms with E-state index in [2.05, 4.69) is 15.2 Å². The summed E-state index contributed by atoms with van der Waals surface area (Å²) in [6.45, 7) is 1.78. The van der Waals surface area contributed by atoms with Crippen LogP contribution >= 0.6 is 0 Å². The third kappa shape index (κ3) is 5.06. The number of hydrogen-bond donors (Lipinski definition) is 1. The predicted molar refractivity (Wildman–Crippen MR) is 125 cm³/mol. The predicted octanol–water partition coefficient (Wildman–Crippen LogP) is 3.90. The highest BCUT2D eigenvalue weighted by molar-refractivity contribution is 5.99. The van der Waals surface area contributed by atoms with Crippen LogP contribution < -0.4 is 21.2 Å². The summed E-state index contributed by atoms with van der Waals surface area (Å²) in [5.74, 6) is -1.00. The van der Waals surface area contributed by atoms with Crippen molar-refractivity contribution < 1.29 is 27.4 Å². The van der Waals surface area contributed by atoms with Gasteiger partial charge in [0.25, 0.3) is 11.1 Å². The van der Waals surface area contributed by atoms with Crippen molar-refractivity contribution in [2.75, 3.05) is 11.9 Å². The Labute approximate surface area is 201 Å². The number of alkyl halides is 3. The Hall–Kier alpha value is -4.61. The van der Waals surface area contributed by atoms with Gasteiger partial charge in [-0.2, -0.15) is 4.68 Å². The van der Waals surface area contributed by atoms with Gasteiger partial charge in [0.1, 0.15) is 11.4 Å². The molecule has 0 aliphatic carbocycles. The Kier molecular flexibility index (Phi) is 6.51. The van der Waals surface area contributed by atoms with Crippen LogP contribution in [0.25, 0.3) is 16.5 Å². The van der Waals surface area contributed by atoms with Crippen LogP contribution in [-0.2, 0) is 11.8 Å². The lowest BCUT2D eigenvalue weighted by atomic mass is 10.1. The summed E-state index contributed by atoms with van der Waals surface area (Å²) in [6.07, 6.45) is -3.31. The standard InChI is InChI=1S/C24H19F3N4O5/c1-3-35-23(34)14-6-11-17-18(13-14)21(32)31(15-7-9-16(10-8-15)36-24(25,26)27)29-20(17)28-19-5-4-12-30(2)22(19)33/h4-13H,3H2,1-2H3,(H,28,29). The minimum Gasteiger partial charge on any atom is -0.462 e. The van der Waals surface area contributed by atoms with Crippen LogP contribution in [0.5, 0.6) is 5.75 Å². The van der Waals surface area contributed by atoms with Crippen molar-refractivity contribution in [2.24, 2.45) is 7.05 Å². The lowest BCUT2D eigenvalue weighted by molar-refractivity contribution is -0.274. The molecule has 0 amide bonds. The molecule has 2 aromatic carbocycles. The fourth-order valence-corrected chi connectivity index (χ4v) is 3.46. The second-order valence-electron chi connectivity index (χ2n) is 7.55. The first-order valence-corrected chi connectivity index (χ1v) is 10.6. The van der Waals surface area contributed by atoms with Crippen LogP contribution in [0.3, 0.4) is 0 Å². The number of pyridine rings is 1. The molecule has 0 aliphatic heterocycles. The van der Waals surface area contributed by atoms with E-state index >= 15 is 0 Å². The molecule has 0 bridgehead atoms. The van der Waals surface area contributed by atoms with Crippen molar-refractivity contribution in [2.45, 2.75) is 13.3 Å². The summed E-state index contributed by atoms with van der Waals surface area (Å²) in [6, 6.07) is 12.0. The smallest absolute Gasteiger partial charge is 0.462 e. The monoisotopic (exact) mass is 500 g/mol. The Morgan fingerprint density at radius 3 is 2.42 bits per heavy atom. The number of aryl methyl sites for hydroxylation is 1. The second-order valence-corrected chi connectivity index (χ2v) is 7.55. The molecule has 2 heterocycles. The molecule has 0 fully saturated rings. The Morgan fingerprint density at radius 2 is 1.75 bits per heavy atom. The molecule has 0 unspecified atom stereocenters. The summed E-state index contributed by atoms with van der Waals surface area (Å²) in [5.41, 5.74) is -0.590. The zero-order valence-corrected chi connectivity index (χ0v) is 19.0. The maximum Gasteiger partial charge on any atom is 0.573 e. The van der Waals surface area contributed by atoms with Crippen molar-refractivity contribution in [1.82, 2.24) is 14.3 Å². The first-order valence-electron chi connectivity index (χ1n) is 10.6. The van der Waals surface area contributed by atoms with Crippen LogP contribution in [0.4, 0.5) is 24.7 Å². The van der Waals surface area contributed by atoms with E-state index in [4.69, 9.17) is 4.74 Å². The summed E-state index contributed by atoms with van der Waals surface area (Å²) in [4.78, 5) is 38.1. The average Bonchev–Trinajstić information content (AvgIpc) is 2.83. The lowest BCUT2D eigenvalue weighted by Crippen LogP contribution is -2.24. The highest BCUT2D eigenvalue weighted by atomic mass is 19.4. The molecular formula is C24H19F3N4O5.